The highest BCUT2D eigenvalue weighted by atomic mass is 16.5. The zero-order valence-electron chi connectivity index (χ0n) is 14.1. The molecule has 1 atom stereocenters. The normalized spacial score (nSPS) is 17.1. The summed E-state index contributed by atoms with van der Waals surface area (Å²) in [6.45, 7) is 3.37. The van der Waals surface area contributed by atoms with Crippen LogP contribution in [0.1, 0.15) is 24.9 Å². The first kappa shape index (κ1) is 15.5. The Morgan fingerprint density at radius 2 is 2.08 bits per heavy atom. The van der Waals surface area contributed by atoms with E-state index in [1.54, 1.807) is 11.1 Å². The Bertz CT molecular complexity index is 888. The molecule has 0 spiro atoms. The average Bonchev–Trinajstić information content (AvgIpc) is 3.26. The molecule has 3 aromatic rings. The minimum Gasteiger partial charge on any atom is -0.494 e. The van der Waals surface area contributed by atoms with Crippen molar-refractivity contribution in [2.45, 2.75) is 19.4 Å². The summed E-state index contributed by atoms with van der Waals surface area (Å²) >= 11 is 0. The molecule has 0 radical (unpaired) electrons. The van der Waals surface area contributed by atoms with Gasteiger partial charge in [-0.2, -0.15) is 0 Å². The summed E-state index contributed by atoms with van der Waals surface area (Å²) in [4.78, 5) is 18.4. The number of hydrogen-bond acceptors (Lipinski definition) is 3. The van der Waals surface area contributed by atoms with Crippen molar-refractivity contribution in [1.29, 1.82) is 0 Å². The number of nitrogens with zero attached hydrogens (tertiary/aromatic N) is 3. The van der Waals surface area contributed by atoms with Gasteiger partial charge in [-0.3, -0.25) is 4.90 Å². The van der Waals surface area contributed by atoms with Gasteiger partial charge < -0.3 is 14.5 Å². The fourth-order valence-electron chi connectivity index (χ4n) is 3.12. The maximum atomic E-state index is 12.4. The van der Waals surface area contributed by atoms with E-state index in [-0.39, 0.29) is 12.1 Å². The molecule has 1 unspecified atom stereocenters. The molecule has 0 saturated carbocycles. The van der Waals surface area contributed by atoms with Gasteiger partial charge in [-0.05, 0) is 36.2 Å². The van der Waals surface area contributed by atoms with Gasteiger partial charge in [0.2, 0.25) is 0 Å². The highest BCUT2D eigenvalue weighted by Crippen LogP contribution is 2.31. The first-order valence-corrected chi connectivity index (χ1v) is 8.49. The highest BCUT2D eigenvalue weighted by Gasteiger charge is 2.33. The van der Waals surface area contributed by atoms with E-state index < -0.39 is 0 Å². The molecule has 2 aromatic heterocycles. The van der Waals surface area contributed by atoms with E-state index in [4.69, 9.17) is 4.74 Å². The zero-order valence-corrected chi connectivity index (χ0v) is 14.1. The lowest BCUT2D eigenvalue weighted by Crippen LogP contribution is -2.29. The van der Waals surface area contributed by atoms with Crippen LogP contribution in [0.3, 0.4) is 0 Å². The molecule has 3 heterocycles. The van der Waals surface area contributed by atoms with E-state index in [1.165, 1.54) is 0 Å². The van der Waals surface area contributed by atoms with Crippen LogP contribution in [0.25, 0.3) is 5.65 Å². The Balaban J connectivity index is 1.63. The third-order valence-electron chi connectivity index (χ3n) is 4.37. The molecule has 4 rings (SSSR count). The lowest BCUT2D eigenvalue weighted by atomic mass is 10.1. The zero-order chi connectivity index (χ0) is 17.2. The topological polar surface area (TPSA) is 58.9 Å². The number of carbonyl (C=O) groups is 1. The molecule has 25 heavy (non-hydrogen) atoms. The Morgan fingerprint density at radius 3 is 2.88 bits per heavy atom. The average molecular weight is 336 g/mol. The molecule has 6 heteroatoms. The van der Waals surface area contributed by atoms with Crippen molar-refractivity contribution in [1.82, 2.24) is 14.7 Å². The van der Waals surface area contributed by atoms with Gasteiger partial charge in [0.15, 0.2) is 0 Å². The quantitative estimate of drug-likeness (QED) is 0.777. The lowest BCUT2D eigenvalue weighted by molar-refractivity contribution is 0.251. The van der Waals surface area contributed by atoms with Crippen molar-refractivity contribution in [2.24, 2.45) is 0 Å². The minimum absolute atomic E-state index is 0.0475. The minimum atomic E-state index is -0.0872. The Hall–Kier alpha value is -3.02. The van der Waals surface area contributed by atoms with Gasteiger partial charge in [-0.25, -0.2) is 9.78 Å². The molecule has 6 nitrogen and oxygen atoms in total. The maximum Gasteiger partial charge on any atom is 0.322 e. The van der Waals surface area contributed by atoms with Gasteiger partial charge in [-0.15, -0.1) is 0 Å². The van der Waals surface area contributed by atoms with Crippen molar-refractivity contribution < 1.29 is 9.53 Å². The number of rotatable bonds is 5. The highest BCUT2D eigenvalue weighted by molar-refractivity contribution is 5.95. The van der Waals surface area contributed by atoms with E-state index in [0.717, 1.165) is 29.1 Å². The second-order valence-electron chi connectivity index (χ2n) is 6.07. The third kappa shape index (κ3) is 2.91. The van der Waals surface area contributed by atoms with Crippen molar-refractivity contribution >= 4 is 17.4 Å². The van der Waals surface area contributed by atoms with Crippen molar-refractivity contribution in [2.75, 3.05) is 18.1 Å². The number of hydrogen-bond donors (Lipinski definition) is 1. The number of ether oxygens (including phenoxy) is 1. The summed E-state index contributed by atoms with van der Waals surface area (Å²) in [7, 11) is 0. The van der Waals surface area contributed by atoms with Crippen LogP contribution in [0, 0.1) is 0 Å². The standard InChI is InChI=1S/C19H20N4O2/c1-2-11-25-16-6-3-14(4-7-16)17-12-21-19(24)23(17)15-5-8-18-20-9-10-22(18)13-15/h3-10,13,17H,2,11-12H2,1H3,(H,21,24). The molecule has 0 bridgehead atoms. The van der Waals surface area contributed by atoms with Crippen molar-refractivity contribution in [3.8, 4) is 5.75 Å². The number of nitrogens with one attached hydrogen (secondary N) is 1. The number of amides is 2. The molecule has 1 aliphatic rings. The van der Waals surface area contributed by atoms with Crippen LogP contribution < -0.4 is 15.0 Å². The van der Waals surface area contributed by atoms with Gasteiger partial charge in [0.05, 0.1) is 18.3 Å². The summed E-state index contributed by atoms with van der Waals surface area (Å²) in [5, 5.41) is 2.94. The van der Waals surface area contributed by atoms with E-state index in [9.17, 15) is 4.79 Å². The fourth-order valence-corrected chi connectivity index (χ4v) is 3.12. The lowest BCUT2D eigenvalue weighted by Gasteiger charge is -2.23. The fraction of sp³-hybridized carbons (Fsp3) is 0.263. The monoisotopic (exact) mass is 336 g/mol. The molecular formula is C19H20N4O2. The van der Waals surface area contributed by atoms with E-state index >= 15 is 0 Å². The first-order valence-electron chi connectivity index (χ1n) is 8.49. The second kappa shape index (κ2) is 6.47. The SMILES string of the molecule is CCCOc1ccc(C2CNC(=O)N2c2ccc3nccn3c2)cc1. The Morgan fingerprint density at radius 1 is 1.24 bits per heavy atom. The van der Waals surface area contributed by atoms with Crippen LogP contribution in [0.2, 0.25) is 0 Å². The Kier molecular flexibility index (Phi) is 4.01. The summed E-state index contributed by atoms with van der Waals surface area (Å²) in [5.74, 6) is 0.856. The maximum absolute atomic E-state index is 12.4. The number of anilines is 1. The Labute approximate surface area is 146 Å². The van der Waals surface area contributed by atoms with Crippen LogP contribution in [0.4, 0.5) is 10.5 Å². The number of fused-ring (bicyclic) bond motifs is 1. The van der Waals surface area contributed by atoms with Gasteiger partial charge in [0.1, 0.15) is 11.4 Å². The molecule has 1 saturated heterocycles. The van der Waals surface area contributed by atoms with Crippen LogP contribution >= 0.6 is 0 Å². The molecule has 1 aliphatic heterocycles. The second-order valence-corrected chi connectivity index (χ2v) is 6.07. The van der Waals surface area contributed by atoms with Crippen LogP contribution in [-0.2, 0) is 0 Å². The molecule has 0 aliphatic carbocycles. The predicted octanol–water partition coefficient (Wildman–Crippen LogP) is 3.39. The van der Waals surface area contributed by atoms with Crippen molar-refractivity contribution in [3.63, 3.8) is 0 Å². The number of carbonyl (C=O) groups excluding carboxylic acids is 1. The van der Waals surface area contributed by atoms with Gasteiger partial charge in [0, 0.05) is 25.1 Å². The smallest absolute Gasteiger partial charge is 0.322 e. The summed E-state index contributed by atoms with van der Waals surface area (Å²) in [6.07, 6.45) is 6.53. The summed E-state index contributed by atoms with van der Waals surface area (Å²) in [6, 6.07) is 11.7. The third-order valence-corrected chi connectivity index (χ3v) is 4.37. The van der Waals surface area contributed by atoms with Gasteiger partial charge in [0.25, 0.3) is 0 Å². The number of pyridine rings is 1. The van der Waals surface area contributed by atoms with E-state index in [1.807, 2.05) is 53.2 Å². The van der Waals surface area contributed by atoms with Crippen LogP contribution in [0.15, 0.2) is 55.0 Å². The molecule has 1 fully saturated rings. The van der Waals surface area contributed by atoms with Crippen LogP contribution in [0.5, 0.6) is 5.75 Å². The molecule has 1 aromatic carbocycles. The number of imidazole rings is 1. The first-order chi connectivity index (χ1) is 12.3. The van der Waals surface area contributed by atoms with Gasteiger partial charge >= 0.3 is 6.03 Å². The largest absolute Gasteiger partial charge is 0.494 e. The molecule has 2 amide bonds. The summed E-state index contributed by atoms with van der Waals surface area (Å²) in [5.41, 5.74) is 2.78. The summed E-state index contributed by atoms with van der Waals surface area (Å²) < 4.78 is 7.55. The van der Waals surface area contributed by atoms with Crippen molar-refractivity contribution in [3.05, 3.63) is 60.6 Å². The number of urea groups is 1. The molecular weight excluding hydrogens is 316 g/mol. The number of benzene rings is 1. The molecule has 1 N–H and O–H groups in total. The van der Waals surface area contributed by atoms with Gasteiger partial charge in [-0.1, -0.05) is 19.1 Å². The predicted molar refractivity (Wildman–Crippen MR) is 96.0 cm³/mol. The van der Waals surface area contributed by atoms with E-state index in [0.29, 0.717) is 13.2 Å². The van der Waals surface area contributed by atoms with Crippen LogP contribution in [-0.4, -0.2) is 28.6 Å². The van der Waals surface area contributed by atoms with E-state index in [2.05, 4.69) is 17.2 Å². The molecule has 128 valence electrons. The number of aromatic nitrogens is 2.